The van der Waals surface area contributed by atoms with Crippen molar-refractivity contribution in [3.63, 3.8) is 0 Å². The Labute approximate surface area is 111 Å². The van der Waals surface area contributed by atoms with Gasteiger partial charge in [-0.2, -0.15) is 0 Å². The van der Waals surface area contributed by atoms with Crippen molar-refractivity contribution in [2.75, 3.05) is 0 Å². The number of para-hydroxylation sites is 1. The molecule has 1 aliphatic rings. The van der Waals surface area contributed by atoms with E-state index in [-0.39, 0.29) is 0 Å². The molecule has 3 rings (SSSR count). The van der Waals surface area contributed by atoms with Crippen molar-refractivity contribution in [1.82, 2.24) is 0 Å². The van der Waals surface area contributed by atoms with Crippen LogP contribution in [0.1, 0.15) is 11.1 Å². The van der Waals surface area contributed by atoms with Gasteiger partial charge in [-0.15, -0.1) is 6.42 Å². The standard InChI is InChI=1S/C16H9ClO/c1-2-11-9-12-5-3-4-6-15(12)18-16-8-7-13(17)10-14(11)16/h1,3-10H. The summed E-state index contributed by atoms with van der Waals surface area (Å²) in [6.45, 7) is 0. The molecule has 0 saturated heterocycles. The first kappa shape index (κ1) is 11.0. The maximum absolute atomic E-state index is 6.01. The van der Waals surface area contributed by atoms with Crippen LogP contribution in [0.25, 0.3) is 11.6 Å². The van der Waals surface area contributed by atoms with Crippen LogP contribution in [0.15, 0.2) is 42.5 Å². The van der Waals surface area contributed by atoms with Crippen LogP contribution < -0.4 is 4.74 Å². The molecular formula is C16H9ClO. The molecule has 0 unspecified atom stereocenters. The summed E-state index contributed by atoms with van der Waals surface area (Å²) in [7, 11) is 0. The number of hydrogen-bond donors (Lipinski definition) is 0. The molecule has 18 heavy (non-hydrogen) atoms. The molecule has 0 N–H and O–H groups in total. The van der Waals surface area contributed by atoms with Crippen LogP contribution in [-0.2, 0) is 0 Å². The zero-order chi connectivity index (χ0) is 12.5. The summed E-state index contributed by atoms with van der Waals surface area (Å²) in [5.41, 5.74) is 2.59. The largest absolute Gasteiger partial charge is 0.456 e. The number of terminal acetylenes is 1. The highest BCUT2D eigenvalue weighted by molar-refractivity contribution is 6.30. The Morgan fingerprint density at radius 3 is 2.72 bits per heavy atom. The summed E-state index contributed by atoms with van der Waals surface area (Å²) in [4.78, 5) is 0. The first-order chi connectivity index (χ1) is 8.78. The predicted octanol–water partition coefficient (Wildman–Crippen LogP) is 4.62. The van der Waals surface area contributed by atoms with Crippen LogP contribution in [0.5, 0.6) is 11.5 Å². The van der Waals surface area contributed by atoms with Gasteiger partial charge in [0.15, 0.2) is 0 Å². The number of hydrogen-bond acceptors (Lipinski definition) is 1. The maximum atomic E-state index is 6.01. The van der Waals surface area contributed by atoms with E-state index in [1.165, 1.54) is 0 Å². The molecule has 0 bridgehead atoms. The van der Waals surface area contributed by atoms with Crippen LogP contribution in [0.4, 0.5) is 0 Å². The monoisotopic (exact) mass is 252 g/mol. The van der Waals surface area contributed by atoms with Gasteiger partial charge in [0.25, 0.3) is 0 Å². The molecule has 86 valence electrons. The van der Waals surface area contributed by atoms with Crippen LogP contribution in [0, 0.1) is 12.3 Å². The highest BCUT2D eigenvalue weighted by Gasteiger charge is 2.15. The van der Waals surface area contributed by atoms with Crippen molar-refractivity contribution >= 4 is 23.3 Å². The van der Waals surface area contributed by atoms with Gasteiger partial charge in [0.1, 0.15) is 11.5 Å². The zero-order valence-corrected chi connectivity index (χ0v) is 10.2. The van der Waals surface area contributed by atoms with E-state index in [4.69, 9.17) is 22.8 Å². The molecule has 2 aromatic rings. The summed E-state index contributed by atoms with van der Waals surface area (Å²) in [5, 5.41) is 0.643. The van der Waals surface area contributed by atoms with Gasteiger partial charge >= 0.3 is 0 Å². The molecule has 1 nitrogen and oxygen atoms in total. The lowest BCUT2D eigenvalue weighted by molar-refractivity contribution is 0.481. The zero-order valence-electron chi connectivity index (χ0n) is 9.48. The number of benzene rings is 2. The van der Waals surface area contributed by atoms with Gasteiger partial charge in [-0.25, -0.2) is 0 Å². The minimum atomic E-state index is 0.643. The van der Waals surface area contributed by atoms with Gasteiger partial charge < -0.3 is 4.74 Å². The van der Waals surface area contributed by atoms with E-state index in [0.717, 1.165) is 28.2 Å². The van der Waals surface area contributed by atoms with Crippen molar-refractivity contribution in [3.05, 3.63) is 58.6 Å². The first-order valence-electron chi connectivity index (χ1n) is 5.53. The Morgan fingerprint density at radius 1 is 1.06 bits per heavy atom. The van der Waals surface area contributed by atoms with Crippen molar-refractivity contribution in [2.24, 2.45) is 0 Å². The van der Waals surface area contributed by atoms with E-state index in [0.29, 0.717) is 5.02 Å². The van der Waals surface area contributed by atoms with E-state index < -0.39 is 0 Å². The number of fused-ring (bicyclic) bond motifs is 2. The van der Waals surface area contributed by atoms with Gasteiger partial charge in [0, 0.05) is 21.7 Å². The molecule has 2 heteroatoms. The quantitative estimate of drug-likeness (QED) is 0.622. The van der Waals surface area contributed by atoms with Crippen LogP contribution >= 0.6 is 11.6 Å². The highest BCUT2D eigenvalue weighted by Crippen LogP contribution is 2.38. The lowest BCUT2D eigenvalue weighted by Crippen LogP contribution is -1.88. The molecule has 0 amide bonds. The molecular weight excluding hydrogens is 244 g/mol. The van der Waals surface area contributed by atoms with E-state index in [2.05, 4.69) is 5.92 Å². The third kappa shape index (κ3) is 1.77. The average Bonchev–Trinajstić information content (AvgIpc) is 2.54. The smallest absolute Gasteiger partial charge is 0.136 e. The molecule has 0 fully saturated rings. The fourth-order valence-electron chi connectivity index (χ4n) is 1.97. The van der Waals surface area contributed by atoms with Crippen LogP contribution in [0.3, 0.4) is 0 Å². The summed E-state index contributed by atoms with van der Waals surface area (Å²) >= 11 is 6.01. The summed E-state index contributed by atoms with van der Waals surface area (Å²) in [6.07, 6.45) is 7.52. The fourth-order valence-corrected chi connectivity index (χ4v) is 2.14. The van der Waals surface area contributed by atoms with Crippen molar-refractivity contribution in [2.45, 2.75) is 0 Å². The van der Waals surface area contributed by atoms with Crippen molar-refractivity contribution in [3.8, 4) is 23.8 Å². The van der Waals surface area contributed by atoms with Crippen LogP contribution in [0.2, 0.25) is 5.02 Å². The third-order valence-electron chi connectivity index (χ3n) is 2.83. The van der Waals surface area contributed by atoms with Crippen molar-refractivity contribution in [1.29, 1.82) is 0 Å². The lowest BCUT2D eigenvalue weighted by atomic mass is 10.0. The molecule has 0 atom stereocenters. The lowest BCUT2D eigenvalue weighted by Gasteiger charge is -2.09. The van der Waals surface area contributed by atoms with Crippen molar-refractivity contribution < 1.29 is 4.74 Å². The molecule has 1 aliphatic heterocycles. The average molecular weight is 253 g/mol. The molecule has 1 heterocycles. The molecule has 0 aliphatic carbocycles. The second kappa shape index (κ2) is 4.25. The topological polar surface area (TPSA) is 9.23 Å². The number of rotatable bonds is 0. The Balaban J connectivity index is 2.29. The second-order valence-electron chi connectivity index (χ2n) is 3.98. The van der Waals surface area contributed by atoms with Gasteiger partial charge in [-0.05, 0) is 30.3 Å². The number of ether oxygens (including phenoxy) is 1. The van der Waals surface area contributed by atoms with E-state index in [1.54, 1.807) is 6.07 Å². The normalized spacial score (nSPS) is 12.3. The number of allylic oxidation sites excluding steroid dienone is 1. The predicted molar refractivity (Wildman–Crippen MR) is 74.7 cm³/mol. The molecule has 0 radical (unpaired) electrons. The van der Waals surface area contributed by atoms with E-state index in [9.17, 15) is 0 Å². The van der Waals surface area contributed by atoms with E-state index >= 15 is 0 Å². The maximum Gasteiger partial charge on any atom is 0.136 e. The summed E-state index contributed by atoms with van der Waals surface area (Å²) < 4.78 is 5.88. The van der Waals surface area contributed by atoms with Gasteiger partial charge in [0.05, 0.1) is 0 Å². The minimum absolute atomic E-state index is 0.643. The van der Waals surface area contributed by atoms with E-state index in [1.807, 2.05) is 42.5 Å². The van der Waals surface area contributed by atoms with Gasteiger partial charge in [-0.1, -0.05) is 35.7 Å². The van der Waals surface area contributed by atoms with Crippen LogP contribution in [-0.4, -0.2) is 0 Å². The Bertz CT molecular complexity index is 692. The SMILES string of the molecule is C#CC1=Cc2ccccc2Oc2ccc(Cl)cc21. The highest BCUT2D eigenvalue weighted by atomic mass is 35.5. The summed E-state index contributed by atoms with van der Waals surface area (Å²) in [5.74, 6) is 4.22. The summed E-state index contributed by atoms with van der Waals surface area (Å²) in [6, 6.07) is 13.2. The Hall–Kier alpha value is -2.17. The van der Waals surface area contributed by atoms with Gasteiger partial charge in [-0.3, -0.25) is 0 Å². The van der Waals surface area contributed by atoms with Gasteiger partial charge in [0.2, 0.25) is 0 Å². The molecule has 0 saturated carbocycles. The molecule has 0 aromatic heterocycles. The second-order valence-corrected chi connectivity index (χ2v) is 4.42. The fraction of sp³-hybridized carbons (Fsp3) is 0. The number of halogens is 1. The Kier molecular flexibility index (Phi) is 2.59. The molecule has 2 aromatic carbocycles. The molecule has 0 spiro atoms. The third-order valence-corrected chi connectivity index (χ3v) is 3.06. The Morgan fingerprint density at radius 2 is 1.89 bits per heavy atom. The first-order valence-corrected chi connectivity index (χ1v) is 5.91. The minimum Gasteiger partial charge on any atom is -0.456 e.